The van der Waals surface area contributed by atoms with Gasteiger partial charge < -0.3 is 17.2 Å². The number of nitrogens with zero attached hydrogens (tertiary/aromatic N) is 3. The van der Waals surface area contributed by atoms with Gasteiger partial charge in [-0.15, -0.1) is 11.3 Å². The lowest BCUT2D eigenvalue weighted by molar-refractivity contribution is 1.32. The Morgan fingerprint density at radius 2 is 2.17 bits per heavy atom. The summed E-state index contributed by atoms with van der Waals surface area (Å²) in [4.78, 5) is 11.2. The third-order valence-electron chi connectivity index (χ3n) is 0.873. The van der Waals surface area contributed by atoms with Gasteiger partial charge in [-0.05, 0) is 0 Å². The highest BCUT2D eigenvalue weighted by molar-refractivity contribution is 7.13. The fourth-order valence-corrected chi connectivity index (χ4v) is 1.04. The SMILES string of the molecule is NC(N)=NC(N)=Nc1nccs1. The molecule has 0 saturated carbocycles. The molecule has 12 heavy (non-hydrogen) atoms. The second-order valence-electron chi connectivity index (χ2n) is 1.82. The fraction of sp³-hybridized carbons (Fsp3) is 0. The highest BCUT2D eigenvalue weighted by Gasteiger charge is 1.93. The van der Waals surface area contributed by atoms with Gasteiger partial charge in [0.05, 0.1) is 0 Å². The van der Waals surface area contributed by atoms with E-state index in [4.69, 9.17) is 17.2 Å². The first kappa shape index (κ1) is 8.47. The Hall–Kier alpha value is -1.63. The van der Waals surface area contributed by atoms with Crippen molar-refractivity contribution in [3.05, 3.63) is 11.6 Å². The summed E-state index contributed by atoms with van der Waals surface area (Å²) >= 11 is 1.35. The minimum absolute atomic E-state index is 0.00458. The second-order valence-corrected chi connectivity index (χ2v) is 2.69. The van der Waals surface area contributed by atoms with Crippen LogP contribution in [0.2, 0.25) is 0 Å². The topological polar surface area (TPSA) is 116 Å². The summed E-state index contributed by atoms with van der Waals surface area (Å²) in [5, 5.41) is 2.30. The Balaban J connectivity index is 2.77. The molecular weight excluding hydrogens is 176 g/mol. The van der Waals surface area contributed by atoms with Crippen molar-refractivity contribution >= 4 is 28.4 Å². The summed E-state index contributed by atoms with van der Waals surface area (Å²) in [6.07, 6.45) is 1.62. The van der Waals surface area contributed by atoms with Crippen LogP contribution in [-0.2, 0) is 0 Å². The van der Waals surface area contributed by atoms with Crippen LogP contribution >= 0.6 is 11.3 Å². The Kier molecular flexibility index (Phi) is 2.59. The zero-order chi connectivity index (χ0) is 8.97. The van der Waals surface area contributed by atoms with Crippen LogP contribution in [-0.4, -0.2) is 16.9 Å². The average molecular weight is 184 g/mol. The van der Waals surface area contributed by atoms with Crippen LogP contribution in [0.1, 0.15) is 0 Å². The first-order chi connectivity index (χ1) is 5.68. The predicted molar refractivity (Wildman–Crippen MR) is 49.2 cm³/mol. The molecule has 0 atom stereocenters. The van der Waals surface area contributed by atoms with Crippen LogP contribution in [0.25, 0.3) is 0 Å². The highest BCUT2D eigenvalue weighted by atomic mass is 32.1. The van der Waals surface area contributed by atoms with Gasteiger partial charge in [0.25, 0.3) is 0 Å². The lowest BCUT2D eigenvalue weighted by Gasteiger charge is -1.90. The smallest absolute Gasteiger partial charge is 0.225 e. The van der Waals surface area contributed by atoms with Crippen LogP contribution < -0.4 is 17.2 Å². The van der Waals surface area contributed by atoms with Crippen molar-refractivity contribution in [3.8, 4) is 0 Å². The number of hydrogen-bond donors (Lipinski definition) is 3. The van der Waals surface area contributed by atoms with Crippen molar-refractivity contribution in [2.24, 2.45) is 27.2 Å². The van der Waals surface area contributed by atoms with Gasteiger partial charge in [0.2, 0.25) is 11.1 Å². The first-order valence-corrected chi connectivity index (χ1v) is 3.90. The summed E-state index contributed by atoms with van der Waals surface area (Å²) in [6, 6.07) is 0. The molecule has 0 amide bonds. The predicted octanol–water partition coefficient (Wildman–Crippen LogP) is -0.637. The summed E-state index contributed by atoms with van der Waals surface area (Å²) in [7, 11) is 0. The monoisotopic (exact) mass is 184 g/mol. The van der Waals surface area contributed by atoms with E-state index in [-0.39, 0.29) is 11.9 Å². The number of aromatic nitrogens is 1. The van der Waals surface area contributed by atoms with Gasteiger partial charge in [0, 0.05) is 11.6 Å². The van der Waals surface area contributed by atoms with Gasteiger partial charge >= 0.3 is 0 Å². The van der Waals surface area contributed by atoms with Gasteiger partial charge in [-0.3, -0.25) is 0 Å². The molecule has 6 nitrogen and oxygen atoms in total. The summed E-state index contributed by atoms with van der Waals surface area (Å²) in [5.41, 5.74) is 15.5. The molecular formula is C5H8N6S. The van der Waals surface area contributed by atoms with Crippen molar-refractivity contribution in [2.75, 3.05) is 0 Å². The molecule has 6 N–H and O–H groups in total. The average Bonchev–Trinajstić information content (AvgIpc) is 2.37. The molecule has 0 bridgehead atoms. The first-order valence-electron chi connectivity index (χ1n) is 3.02. The van der Waals surface area contributed by atoms with Crippen molar-refractivity contribution in [1.82, 2.24) is 4.98 Å². The number of hydrogen-bond acceptors (Lipinski definition) is 3. The Morgan fingerprint density at radius 3 is 2.67 bits per heavy atom. The number of guanidine groups is 2. The molecule has 0 spiro atoms. The molecule has 0 saturated heterocycles. The van der Waals surface area contributed by atoms with Crippen molar-refractivity contribution in [3.63, 3.8) is 0 Å². The summed E-state index contributed by atoms with van der Waals surface area (Å²) < 4.78 is 0. The molecule has 1 rings (SSSR count). The standard InChI is InChI=1S/C5H8N6S/c6-3(7)10-4(8)11-5-9-1-2-12-5/h1-2H,(H6,6,7,8,9,10,11). The molecule has 64 valence electrons. The molecule has 0 aromatic carbocycles. The lowest BCUT2D eigenvalue weighted by atomic mass is 10.9. The van der Waals surface area contributed by atoms with E-state index in [0.717, 1.165) is 0 Å². The van der Waals surface area contributed by atoms with Gasteiger partial charge in [-0.1, -0.05) is 0 Å². The molecule has 1 aromatic heterocycles. The van der Waals surface area contributed by atoms with Crippen molar-refractivity contribution in [1.29, 1.82) is 0 Å². The van der Waals surface area contributed by atoms with Gasteiger partial charge in [0.15, 0.2) is 5.96 Å². The van der Waals surface area contributed by atoms with E-state index in [9.17, 15) is 0 Å². The van der Waals surface area contributed by atoms with E-state index in [1.54, 1.807) is 11.6 Å². The van der Waals surface area contributed by atoms with Gasteiger partial charge in [-0.25, -0.2) is 4.98 Å². The van der Waals surface area contributed by atoms with Crippen molar-refractivity contribution in [2.45, 2.75) is 0 Å². The quantitative estimate of drug-likeness (QED) is 0.397. The van der Waals surface area contributed by atoms with E-state index < -0.39 is 0 Å². The number of aliphatic imine (C=N–C) groups is 2. The minimum atomic E-state index is -0.118. The summed E-state index contributed by atoms with van der Waals surface area (Å²) in [5.74, 6) is -0.113. The molecule has 7 heteroatoms. The molecule has 0 aliphatic rings. The number of thiazole rings is 1. The highest BCUT2D eigenvalue weighted by Crippen LogP contribution is 2.13. The zero-order valence-electron chi connectivity index (χ0n) is 6.14. The maximum absolute atomic E-state index is 5.34. The number of rotatable bonds is 1. The Bertz CT molecular complexity index is 296. The fourth-order valence-electron chi connectivity index (χ4n) is 0.526. The summed E-state index contributed by atoms with van der Waals surface area (Å²) in [6.45, 7) is 0. The maximum Gasteiger partial charge on any atom is 0.225 e. The largest absolute Gasteiger partial charge is 0.370 e. The molecule has 1 aromatic rings. The van der Waals surface area contributed by atoms with E-state index in [1.807, 2.05) is 0 Å². The third kappa shape index (κ3) is 2.54. The van der Waals surface area contributed by atoms with E-state index >= 15 is 0 Å². The van der Waals surface area contributed by atoms with E-state index in [1.165, 1.54) is 11.3 Å². The van der Waals surface area contributed by atoms with Crippen molar-refractivity contribution < 1.29 is 0 Å². The van der Waals surface area contributed by atoms with Crippen LogP contribution in [0.3, 0.4) is 0 Å². The van der Waals surface area contributed by atoms with Crippen LogP contribution in [0, 0.1) is 0 Å². The van der Waals surface area contributed by atoms with Crippen LogP contribution in [0.15, 0.2) is 21.6 Å². The molecule has 0 radical (unpaired) electrons. The lowest BCUT2D eigenvalue weighted by Crippen LogP contribution is -2.26. The van der Waals surface area contributed by atoms with E-state index in [0.29, 0.717) is 5.13 Å². The normalized spacial score (nSPS) is 11.2. The zero-order valence-corrected chi connectivity index (χ0v) is 6.95. The van der Waals surface area contributed by atoms with Gasteiger partial charge in [0.1, 0.15) is 0 Å². The molecule has 0 aliphatic heterocycles. The molecule has 0 aliphatic carbocycles. The molecule has 1 heterocycles. The number of nitrogens with two attached hydrogens (primary N) is 3. The van der Waals surface area contributed by atoms with Gasteiger partial charge in [-0.2, -0.15) is 9.98 Å². The Labute approximate surface area is 72.8 Å². The minimum Gasteiger partial charge on any atom is -0.370 e. The third-order valence-corrected chi connectivity index (χ3v) is 1.54. The Morgan fingerprint density at radius 1 is 1.42 bits per heavy atom. The van der Waals surface area contributed by atoms with E-state index in [2.05, 4.69) is 15.0 Å². The van der Waals surface area contributed by atoms with Crippen LogP contribution in [0.4, 0.5) is 5.13 Å². The second kappa shape index (κ2) is 3.67. The molecule has 0 fully saturated rings. The molecule has 0 unspecified atom stereocenters. The maximum atomic E-state index is 5.34. The van der Waals surface area contributed by atoms with Crippen LogP contribution in [0.5, 0.6) is 0 Å².